The average Bonchev–Trinajstić information content (AvgIpc) is 2.07. The van der Waals surface area contributed by atoms with Crippen molar-refractivity contribution in [3.05, 3.63) is 52.1 Å². The Morgan fingerprint density at radius 2 is 1.79 bits per heavy atom. The molecule has 0 atom stereocenters. The van der Waals surface area contributed by atoms with Gasteiger partial charge in [-0.1, -0.05) is 24.3 Å². The first-order valence-corrected chi connectivity index (χ1v) is 4.16. The molecule has 1 aromatic rings. The minimum absolute atomic E-state index is 0.0625. The van der Waals surface area contributed by atoms with Crippen molar-refractivity contribution in [2.45, 2.75) is 0 Å². The van der Waals surface area contributed by atoms with Crippen molar-refractivity contribution in [3.63, 3.8) is 0 Å². The zero-order chi connectivity index (χ0) is 9.97. The minimum Gasteiger partial charge on any atom is -0.507 e. The molecule has 1 heterocycles. The van der Waals surface area contributed by atoms with Gasteiger partial charge in [0.05, 0.1) is 11.6 Å². The van der Waals surface area contributed by atoms with Gasteiger partial charge < -0.3 is 9.52 Å². The van der Waals surface area contributed by atoms with Gasteiger partial charge in [0.1, 0.15) is 11.5 Å². The lowest BCUT2D eigenvalue weighted by Gasteiger charge is -2.02. The summed E-state index contributed by atoms with van der Waals surface area (Å²) in [4.78, 5) is 11.0. The van der Waals surface area contributed by atoms with E-state index >= 15 is 0 Å². The molecule has 0 fully saturated rings. The monoisotopic (exact) mass is 188 g/mol. The standard InChI is InChI=1S/C11H8O3/c12-9-7-11(13)14-10-6-4-2-1-3-5-8(9)10/h1-7,12H/b2-1-,3-1?,4-2?,5-3-,6-4-,8-5?,10-6?. The second-order valence-corrected chi connectivity index (χ2v) is 2.83. The predicted molar refractivity (Wildman–Crippen MR) is 53.9 cm³/mol. The largest absolute Gasteiger partial charge is 0.507 e. The van der Waals surface area contributed by atoms with Crippen LogP contribution >= 0.6 is 0 Å². The van der Waals surface area contributed by atoms with E-state index in [9.17, 15) is 9.90 Å². The molecule has 70 valence electrons. The molecule has 1 aliphatic carbocycles. The molecule has 0 saturated heterocycles. The fourth-order valence-electron chi connectivity index (χ4n) is 1.22. The van der Waals surface area contributed by atoms with Crippen LogP contribution in [0, 0.1) is 0 Å². The molecule has 0 saturated carbocycles. The smallest absolute Gasteiger partial charge is 0.339 e. The van der Waals surface area contributed by atoms with Crippen molar-refractivity contribution in [2.24, 2.45) is 0 Å². The Hall–Kier alpha value is -2.03. The molecule has 0 amide bonds. The van der Waals surface area contributed by atoms with E-state index in [0.717, 1.165) is 6.07 Å². The molecule has 0 bridgehead atoms. The van der Waals surface area contributed by atoms with Crippen LogP contribution in [0.1, 0.15) is 11.3 Å². The molecular formula is C11H8O3. The van der Waals surface area contributed by atoms with Gasteiger partial charge in [0, 0.05) is 0 Å². The van der Waals surface area contributed by atoms with Crippen molar-refractivity contribution in [3.8, 4) is 5.75 Å². The average molecular weight is 188 g/mol. The molecule has 1 N–H and O–H groups in total. The summed E-state index contributed by atoms with van der Waals surface area (Å²) in [7, 11) is 0. The van der Waals surface area contributed by atoms with E-state index in [1.165, 1.54) is 0 Å². The van der Waals surface area contributed by atoms with Crippen molar-refractivity contribution in [2.75, 3.05) is 0 Å². The fourth-order valence-corrected chi connectivity index (χ4v) is 1.22. The number of hydrogen-bond acceptors (Lipinski definition) is 3. The zero-order valence-corrected chi connectivity index (χ0v) is 7.31. The van der Waals surface area contributed by atoms with Crippen LogP contribution in [-0.2, 0) is 0 Å². The van der Waals surface area contributed by atoms with E-state index in [0.29, 0.717) is 11.3 Å². The molecule has 2 rings (SSSR count). The first-order chi connectivity index (χ1) is 6.77. The first-order valence-electron chi connectivity index (χ1n) is 4.16. The number of fused-ring (bicyclic) bond motifs is 1. The Labute approximate surface area is 80.3 Å². The van der Waals surface area contributed by atoms with Crippen LogP contribution in [0.2, 0.25) is 0 Å². The number of rotatable bonds is 0. The maximum atomic E-state index is 11.0. The molecule has 0 aliphatic heterocycles. The lowest BCUT2D eigenvalue weighted by atomic mass is 10.1. The lowest BCUT2D eigenvalue weighted by Crippen LogP contribution is -1.99. The highest BCUT2D eigenvalue weighted by atomic mass is 16.4. The Morgan fingerprint density at radius 3 is 2.57 bits per heavy atom. The second kappa shape index (κ2) is 3.38. The van der Waals surface area contributed by atoms with Gasteiger partial charge in [-0.25, -0.2) is 4.79 Å². The Balaban J connectivity index is 2.71. The maximum Gasteiger partial charge on any atom is 0.339 e. The van der Waals surface area contributed by atoms with Crippen LogP contribution in [0.15, 0.2) is 39.6 Å². The van der Waals surface area contributed by atoms with E-state index in [4.69, 9.17) is 4.42 Å². The Morgan fingerprint density at radius 1 is 1.07 bits per heavy atom. The van der Waals surface area contributed by atoms with Crippen LogP contribution in [0.3, 0.4) is 0 Å². The third kappa shape index (κ3) is 1.52. The molecule has 1 aliphatic rings. The third-order valence-corrected chi connectivity index (χ3v) is 1.85. The van der Waals surface area contributed by atoms with Crippen LogP contribution in [-0.4, -0.2) is 5.11 Å². The molecule has 3 nitrogen and oxygen atoms in total. The summed E-state index contributed by atoms with van der Waals surface area (Å²) in [5, 5.41) is 9.48. The van der Waals surface area contributed by atoms with Gasteiger partial charge in [-0.3, -0.25) is 0 Å². The summed E-state index contributed by atoms with van der Waals surface area (Å²) in [5.74, 6) is 0.308. The lowest BCUT2D eigenvalue weighted by molar-refractivity contribution is 0.442. The van der Waals surface area contributed by atoms with Gasteiger partial charge >= 0.3 is 5.63 Å². The van der Waals surface area contributed by atoms with Gasteiger partial charge in [0.2, 0.25) is 0 Å². The van der Waals surface area contributed by atoms with Crippen LogP contribution < -0.4 is 5.63 Å². The highest BCUT2D eigenvalue weighted by Crippen LogP contribution is 2.22. The van der Waals surface area contributed by atoms with Gasteiger partial charge in [-0.2, -0.15) is 0 Å². The highest BCUT2D eigenvalue weighted by molar-refractivity contribution is 5.68. The third-order valence-electron chi connectivity index (χ3n) is 1.85. The normalized spacial score (nSPS) is 20.3. The number of allylic oxidation sites excluding steroid dienone is 4. The predicted octanol–water partition coefficient (Wildman–Crippen LogP) is 1.94. The van der Waals surface area contributed by atoms with Gasteiger partial charge in [-0.05, 0) is 12.2 Å². The topological polar surface area (TPSA) is 50.4 Å². The quantitative estimate of drug-likeness (QED) is 0.676. The van der Waals surface area contributed by atoms with Crippen molar-refractivity contribution < 1.29 is 9.52 Å². The molecule has 14 heavy (non-hydrogen) atoms. The van der Waals surface area contributed by atoms with E-state index in [1.54, 1.807) is 24.3 Å². The van der Waals surface area contributed by atoms with Gasteiger partial charge in [0.15, 0.2) is 0 Å². The molecule has 0 radical (unpaired) electrons. The molecular weight excluding hydrogens is 180 g/mol. The number of aromatic hydroxyl groups is 1. The van der Waals surface area contributed by atoms with Crippen molar-refractivity contribution in [1.82, 2.24) is 0 Å². The van der Waals surface area contributed by atoms with Crippen LogP contribution in [0.25, 0.3) is 12.2 Å². The Kier molecular flexibility index (Phi) is 2.07. The SMILES string of the molecule is O=c1cc(O)c2c(o1)\C=C/C=C\C=C/2. The summed E-state index contributed by atoms with van der Waals surface area (Å²) in [6.07, 6.45) is 10.5. The summed E-state index contributed by atoms with van der Waals surface area (Å²) >= 11 is 0. The molecule has 0 spiro atoms. The minimum atomic E-state index is -0.552. The van der Waals surface area contributed by atoms with Gasteiger partial charge in [-0.15, -0.1) is 0 Å². The Bertz CT molecular complexity index is 490. The molecule has 0 unspecified atom stereocenters. The molecule has 3 heteroatoms. The maximum absolute atomic E-state index is 11.0. The summed E-state index contributed by atoms with van der Waals surface area (Å²) in [6.45, 7) is 0. The first kappa shape index (κ1) is 8.56. The zero-order valence-electron chi connectivity index (χ0n) is 7.31. The van der Waals surface area contributed by atoms with E-state index in [1.807, 2.05) is 12.2 Å². The molecule has 0 aromatic carbocycles. The summed E-state index contributed by atoms with van der Waals surface area (Å²) in [6, 6.07) is 1.06. The van der Waals surface area contributed by atoms with E-state index < -0.39 is 5.63 Å². The van der Waals surface area contributed by atoms with Crippen molar-refractivity contribution >= 4 is 12.2 Å². The highest BCUT2D eigenvalue weighted by Gasteiger charge is 2.07. The summed E-state index contributed by atoms with van der Waals surface area (Å²) in [5.41, 5.74) is -0.0333. The fraction of sp³-hybridized carbons (Fsp3) is 0. The van der Waals surface area contributed by atoms with Crippen molar-refractivity contribution in [1.29, 1.82) is 0 Å². The van der Waals surface area contributed by atoms with Gasteiger partial charge in [0.25, 0.3) is 0 Å². The summed E-state index contributed by atoms with van der Waals surface area (Å²) < 4.78 is 4.93. The van der Waals surface area contributed by atoms with E-state index in [-0.39, 0.29) is 5.75 Å². The van der Waals surface area contributed by atoms with Crippen LogP contribution in [0.5, 0.6) is 5.75 Å². The van der Waals surface area contributed by atoms with E-state index in [2.05, 4.69) is 0 Å². The number of hydrogen-bond donors (Lipinski definition) is 1. The molecule has 1 aromatic heterocycles. The second-order valence-electron chi connectivity index (χ2n) is 2.83. The van der Waals surface area contributed by atoms with Crippen LogP contribution in [0.4, 0.5) is 0 Å².